The Bertz CT molecular complexity index is 918. The molecule has 2 aromatic carbocycles. The van der Waals surface area contributed by atoms with Crippen LogP contribution in [0.2, 0.25) is 0 Å². The highest BCUT2D eigenvalue weighted by atomic mass is 14.9. The summed E-state index contributed by atoms with van der Waals surface area (Å²) < 4.78 is 0. The molecule has 1 heterocycles. The highest BCUT2D eigenvalue weighted by Gasteiger charge is 2.09. The fourth-order valence-corrected chi connectivity index (χ4v) is 2.75. The van der Waals surface area contributed by atoms with E-state index in [1.165, 1.54) is 5.56 Å². The molecular weight excluding hydrogens is 294 g/mol. The Morgan fingerprint density at radius 2 is 1.88 bits per heavy atom. The van der Waals surface area contributed by atoms with Crippen LogP contribution >= 0.6 is 0 Å². The normalized spacial score (nSPS) is 12.6. The first-order valence-electron chi connectivity index (χ1n) is 8.18. The van der Waals surface area contributed by atoms with Gasteiger partial charge in [0.2, 0.25) is 0 Å². The van der Waals surface area contributed by atoms with Crippen LogP contribution in [0.25, 0.3) is 10.8 Å². The maximum absolute atomic E-state index is 4.77. The van der Waals surface area contributed by atoms with Crippen molar-refractivity contribution >= 4 is 22.3 Å². The average molecular weight is 315 g/mol. The summed E-state index contributed by atoms with van der Waals surface area (Å²) in [5.74, 6) is 0.659. The van der Waals surface area contributed by atoms with Gasteiger partial charge in [0.05, 0.1) is 0 Å². The van der Waals surface area contributed by atoms with Gasteiger partial charge in [0, 0.05) is 24.3 Å². The lowest BCUT2D eigenvalue weighted by Gasteiger charge is -2.07. The molecule has 0 unspecified atom stereocenters. The zero-order chi connectivity index (χ0) is 16.9. The van der Waals surface area contributed by atoms with Crippen LogP contribution in [0.3, 0.4) is 0 Å². The standard InChI is InChI=1S/C21H21N3/c1-4-16-8-7-10-18(14-16)15(2)24-21(22-3)20-19-11-6-5-9-17(19)12-13-23-20/h5-14H,4H2,1-3H3. The predicted octanol–water partition coefficient (Wildman–Crippen LogP) is 4.68. The van der Waals surface area contributed by atoms with Crippen LogP contribution < -0.4 is 0 Å². The van der Waals surface area contributed by atoms with Gasteiger partial charge in [-0.25, -0.2) is 4.99 Å². The van der Waals surface area contributed by atoms with Crippen molar-refractivity contribution in [2.75, 3.05) is 7.05 Å². The third-order valence-corrected chi connectivity index (χ3v) is 4.12. The number of amidine groups is 1. The lowest BCUT2D eigenvalue weighted by atomic mass is 10.1. The molecule has 0 aliphatic heterocycles. The van der Waals surface area contributed by atoms with E-state index in [1.54, 1.807) is 7.05 Å². The van der Waals surface area contributed by atoms with E-state index >= 15 is 0 Å². The average Bonchev–Trinajstić information content (AvgIpc) is 2.65. The van der Waals surface area contributed by atoms with Crippen molar-refractivity contribution in [2.45, 2.75) is 20.3 Å². The second kappa shape index (κ2) is 7.18. The van der Waals surface area contributed by atoms with E-state index in [-0.39, 0.29) is 0 Å². The fraction of sp³-hybridized carbons (Fsp3) is 0.190. The van der Waals surface area contributed by atoms with E-state index in [1.807, 2.05) is 31.3 Å². The van der Waals surface area contributed by atoms with E-state index in [4.69, 9.17) is 4.99 Å². The number of hydrogen-bond acceptors (Lipinski definition) is 2. The predicted molar refractivity (Wildman–Crippen MR) is 102 cm³/mol. The van der Waals surface area contributed by atoms with Crippen LogP contribution in [-0.2, 0) is 6.42 Å². The summed E-state index contributed by atoms with van der Waals surface area (Å²) in [5, 5.41) is 2.21. The molecule has 3 heteroatoms. The highest BCUT2D eigenvalue weighted by molar-refractivity contribution is 6.15. The Balaban J connectivity index is 2.05. The number of pyridine rings is 1. The third-order valence-electron chi connectivity index (χ3n) is 4.12. The molecule has 0 aliphatic carbocycles. The van der Waals surface area contributed by atoms with E-state index in [0.29, 0.717) is 5.84 Å². The third kappa shape index (κ3) is 3.25. The van der Waals surface area contributed by atoms with Gasteiger partial charge in [-0.1, -0.05) is 49.4 Å². The van der Waals surface area contributed by atoms with Gasteiger partial charge in [-0.3, -0.25) is 9.98 Å². The SMILES string of the molecule is CCc1cccc(C(C)=NC(=NC)c2nccc3ccccc23)c1. The summed E-state index contributed by atoms with van der Waals surface area (Å²) in [4.78, 5) is 13.7. The number of aryl methyl sites for hydroxylation is 1. The highest BCUT2D eigenvalue weighted by Crippen LogP contribution is 2.18. The smallest absolute Gasteiger partial charge is 0.174 e. The Kier molecular flexibility index (Phi) is 4.80. The van der Waals surface area contributed by atoms with Crippen LogP contribution in [-0.4, -0.2) is 23.6 Å². The molecular formula is C21H21N3. The first kappa shape index (κ1) is 16.1. The van der Waals surface area contributed by atoms with E-state index in [0.717, 1.165) is 34.2 Å². The number of fused-ring (bicyclic) bond motifs is 1. The Labute approximate surface area is 142 Å². The molecule has 3 nitrogen and oxygen atoms in total. The first-order chi connectivity index (χ1) is 11.7. The van der Waals surface area contributed by atoms with E-state index < -0.39 is 0 Å². The summed E-state index contributed by atoms with van der Waals surface area (Å²) in [5.41, 5.74) is 4.19. The largest absolute Gasteiger partial charge is 0.268 e. The monoisotopic (exact) mass is 315 g/mol. The molecule has 0 saturated heterocycles. The maximum Gasteiger partial charge on any atom is 0.174 e. The summed E-state index contributed by atoms with van der Waals surface area (Å²) in [6, 6.07) is 18.7. The summed E-state index contributed by atoms with van der Waals surface area (Å²) in [6.45, 7) is 4.18. The molecule has 0 spiro atoms. The number of hydrogen-bond donors (Lipinski definition) is 0. The molecule has 0 N–H and O–H groups in total. The van der Waals surface area contributed by atoms with Crippen molar-refractivity contribution in [3.8, 4) is 0 Å². The van der Waals surface area contributed by atoms with Crippen LogP contribution in [0, 0.1) is 0 Å². The molecule has 3 aromatic rings. The molecule has 120 valence electrons. The zero-order valence-corrected chi connectivity index (χ0v) is 14.3. The van der Waals surface area contributed by atoms with Gasteiger partial charge in [-0.15, -0.1) is 0 Å². The Morgan fingerprint density at radius 3 is 2.67 bits per heavy atom. The summed E-state index contributed by atoms with van der Waals surface area (Å²) in [7, 11) is 1.76. The second-order valence-corrected chi connectivity index (χ2v) is 5.68. The quantitative estimate of drug-likeness (QED) is 0.510. The van der Waals surface area contributed by atoms with Crippen LogP contribution in [0.1, 0.15) is 30.7 Å². The summed E-state index contributed by atoms with van der Waals surface area (Å²) in [6.07, 6.45) is 2.83. The van der Waals surface area contributed by atoms with Crippen molar-refractivity contribution < 1.29 is 0 Å². The van der Waals surface area contributed by atoms with Crippen LogP contribution in [0.15, 0.2) is 70.8 Å². The van der Waals surface area contributed by atoms with Crippen molar-refractivity contribution in [3.05, 3.63) is 77.6 Å². The number of aromatic nitrogens is 1. The van der Waals surface area contributed by atoms with E-state index in [2.05, 4.69) is 53.3 Å². The topological polar surface area (TPSA) is 37.6 Å². The molecule has 24 heavy (non-hydrogen) atoms. The molecule has 0 aliphatic rings. The molecule has 0 saturated carbocycles. The Morgan fingerprint density at radius 1 is 1.04 bits per heavy atom. The van der Waals surface area contributed by atoms with Crippen molar-refractivity contribution in [2.24, 2.45) is 9.98 Å². The van der Waals surface area contributed by atoms with E-state index in [9.17, 15) is 0 Å². The van der Waals surface area contributed by atoms with Gasteiger partial charge in [0.25, 0.3) is 0 Å². The first-order valence-corrected chi connectivity index (χ1v) is 8.18. The maximum atomic E-state index is 4.77. The van der Waals surface area contributed by atoms with Crippen molar-refractivity contribution in [1.29, 1.82) is 0 Å². The van der Waals surface area contributed by atoms with Crippen molar-refractivity contribution in [1.82, 2.24) is 4.98 Å². The van der Waals surface area contributed by atoms with Gasteiger partial charge in [-0.05, 0) is 42.0 Å². The molecule has 3 rings (SSSR count). The molecule has 1 aromatic heterocycles. The van der Waals surface area contributed by atoms with Gasteiger partial charge in [-0.2, -0.15) is 0 Å². The minimum Gasteiger partial charge on any atom is -0.268 e. The Hall–Kier alpha value is -2.81. The van der Waals surface area contributed by atoms with Crippen molar-refractivity contribution in [3.63, 3.8) is 0 Å². The molecule has 0 atom stereocenters. The number of rotatable bonds is 3. The van der Waals surface area contributed by atoms with Gasteiger partial charge in [0.15, 0.2) is 5.84 Å². The van der Waals surface area contributed by atoms with Crippen LogP contribution in [0.4, 0.5) is 0 Å². The molecule has 0 radical (unpaired) electrons. The number of benzene rings is 2. The number of aliphatic imine (C=N–C) groups is 2. The lowest BCUT2D eigenvalue weighted by Crippen LogP contribution is -2.06. The molecule has 0 bridgehead atoms. The van der Waals surface area contributed by atoms with Gasteiger partial charge < -0.3 is 0 Å². The van der Waals surface area contributed by atoms with Gasteiger partial charge >= 0.3 is 0 Å². The van der Waals surface area contributed by atoms with Crippen LogP contribution in [0.5, 0.6) is 0 Å². The number of nitrogens with zero attached hydrogens (tertiary/aromatic N) is 3. The fourth-order valence-electron chi connectivity index (χ4n) is 2.75. The minimum absolute atomic E-state index is 0.659. The lowest BCUT2D eigenvalue weighted by molar-refractivity contribution is 1.14. The zero-order valence-electron chi connectivity index (χ0n) is 14.3. The second-order valence-electron chi connectivity index (χ2n) is 5.68. The molecule has 0 fully saturated rings. The minimum atomic E-state index is 0.659. The van der Waals surface area contributed by atoms with Gasteiger partial charge in [0.1, 0.15) is 5.69 Å². The molecule has 0 amide bonds. The summed E-state index contributed by atoms with van der Waals surface area (Å²) >= 11 is 0.